The Balaban J connectivity index is 1.73. The first-order valence-corrected chi connectivity index (χ1v) is 10.6. The van der Waals surface area contributed by atoms with Gasteiger partial charge in [0.25, 0.3) is 5.69 Å². The van der Waals surface area contributed by atoms with Crippen molar-refractivity contribution in [3.63, 3.8) is 0 Å². The van der Waals surface area contributed by atoms with Crippen LogP contribution in [0.2, 0.25) is 0 Å². The second kappa shape index (κ2) is 7.03. The number of nitrogens with zero attached hydrogens (tertiary/aromatic N) is 2. The summed E-state index contributed by atoms with van der Waals surface area (Å²) >= 11 is 0. The normalized spacial score (nSPS) is 21.6. The Labute approximate surface area is 166 Å². The van der Waals surface area contributed by atoms with Gasteiger partial charge in [-0.15, -0.1) is 0 Å². The lowest BCUT2D eigenvalue weighted by Gasteiger charge is -2.42. The molecule has 1 atom stereocenters. The number of halogens is 2. The lowest BCUT2D eigenvalue weighted by atomic mass is 9.93. The number of benzene rings is 2. The fourth-order valence-corrected chi connectivity index (χ4v) is 4.89. The molecule has 1 spiro atoms. The molecule has 0 radical (unpaired) electrons. The van der Waals surface area contributed by atoms with Crippen LogP contribution in [0.1, 0.15) is 17.5 Å². The zero-order valence-corrected chi connectivity index (χ0v) is 16.1. The van der Waals surface area contributed by atoms with Crippen molar-refractivity contribution in [2.24, 2.45) is 0 Å². The first kappa shape index (κ1) is 19.7. The quantitative estimate of drug-likeness (QED) is 0.553. The number of ether oxygens (including phenoxy) is 1. The Bertz CT molecular complexity index is 1070. The number of rotatable bonds is 4. The topological polar surface area (TPSA) is 89.8 Å². The lowest BCUT2D eigenvalue weighted by molar-refractivity contribution is -0.384. The minimum Gasteiger partial charge on any atom is -0.367 e. The van der Waals surface area contributed by atoms with E-state index in [2.05, 4.69) is 0 Å². The molecule has 1 saturated heterocycles. The molecule has 0 bridgehead atoms. The van der Waals surface area contributed by atoms with Crippen LogP contribution in [0.15, 0.2) is 47.4 Å². The van der Waals surface area contributed by atoms with Gasteiger partial charge in [0.05, 0.1) is 23.0 Å². The first-order valence-electron chi connectivity index (χ1n) is 9.02. The van der Waals surface area contributed by atoms with Crippen LogP contribution in [0.4, 0.5) is 20.2 Å². The summed E-state index contributed by atoms with van der Waals surface area (Å²) in [5, 5.41) is 11.6. The number of anilines is 1. The minimum absolute atomic E-state index is 0.190. The van der Waals surface area contributed by atoms with Gasteiger partial charge in [0.2, 0.25) is 9.84 Å². The van der Waals surface area contributed by atoms with E-state index in [1.165, 1.54) is 11.6 Å². The molecule has 1 heterocycles. The molecule has 0 aromatic heterocycles. The number of hydrogen-bond acceptors (Lipinski definition) is 6. The summed E-state index contributed by atoms with van der Waals surface area (Å²) in [6.45, 7) is 1.06. The highest BCUT2D eigenvalue weighted by Gasteiger charge is 2.44. The second-order valence-corrected chi connectivity index (χ2v) is 9.05. The van der Waals surface area contributed by atoms with Crippen molar-refractivity contribution in [2.75, 3.05) is 24.6 Å². The number of nitro benzene ring substituents is 1. The number of sulfone groups is 1. The molecule has 0 saturated carbocycles. The van der Waals surface area contributed by atoms with E-state index in [1.807, 2.05) is 24.3 Å². The Morgan fingerprint density at radius 1 is 1.21 bits per heavy atom. The van der Waals surface area contributed by atoms with E-state index in [4.69, 9.17) is 4.74 Å². The van der Waals surface area contributed by atoms with Gasteiger partial charge in [-0.2, -0.15) is 8.78 Å². The number of morpholine rings is 1. The van der Waals surface area contributed by atoms with Crippen LogP contribution in [0, 0.1) is 10.1 Å². The number of hydrogen-bond donors (Lipinski definition) is 0. The number of fused-ring (bicyclic) bond motifs is 2. The maximum atomic E-state index is 12.8. The summed E-state index contributed by atoms with van der Waals surface area (Å²) in [4.78, 5) is 11.8. The van der Waals surface area contributed by atoms with E-state index in [0.717, 1.165) is 24.5 Å². The summed E-state index contributed by atoms with van der Waals surface area (Å²) in [5.41, 5.74) is 1.29. The van der Waals surface area contributed by atoms with Gasteiger partial charge in [0, 0.05) is 12.6 Å². The molecule has 2 aromatic carbocycles. The lowest BCUT2D eigenvalue weighted by Crippen LogP contribution is -2.49. The van der Waals surface area contributed by atoms with Gasteiger partial charge in [-0.25, -0.2) is 8.42 Å². The smallest absolute Gasteiger partial charge is 0.341 e. The van der Waals surface area contributed by atoms with Crippen LogP contribution in [0.25, 0.3) is 0 Å². The second-order valence-electron chi connectivity index (χ2n) is 7.13. The van der Waals surface area contributed by atoms with Crippen LogP contribution in [-0.4, -0.2) is 38.8 Å². The molecular formula is C19H18F2N2O5S. The summed E-state index contributed by atoms with van der Waals surface area (Å²) in [6, 6.07) is 10.8. The van der Waals surface area contributed by atoms with Crippen LogP contribution in [0.3, 0.4) is 0 Å². The fraction of sp³-hybridized carbons (Fsp3) is 0.368. The molecule has 7 nitrogen and oxygen atoms in total. The molecule has 1 aliphatic carbocycles. The van der Waals surface area contributed by atoms with Gasteiger partial charge in [-0.05, 0) is 36.1 Å². The van der Waals surface area contributed by atoms with Crippen molar-refractivity contribution in [1.82, 2.24) is 0 Å². The fourth-order valence-electron chi connectivity index (χ4n) is 4.15. The van der Waals surface area contributed by atoms with Crippen LogP contribution in [0.5, 0.6) is 0 Å². The van der Waals surface area contributed by atoms with Crippen LogP contribution < -0.4 is 4.90 Å². The Kier molecular flexibility index (Phi) is 4.78. The third-order valence-electron chi connectivity index (χ3n) is 5.54. The molecule has 10 heteroatoms. The van der Waals surface area contributed by atoms with E-state index in [-0.39, 0.29) is 5.69 Å². The SMILES string of the molecule is O=[N+]([O-])c1cc(S(=O)(=O)C(F)F)ccc1N1CCOC2(CCc3ccccc32)C1. The number of alkyl halides is 2. The van der Waals surface area contributed by atoms with E-state index in [1.54, 1.807) is 4.90 Å². The predicted molar refractivity (Wildman–Crippen MR) is 101 cm³/mol. The Morgan fingerprint density at radius 3 is 2.69 bits per heavy atom. The summed E-state index contributed by atoms with van der Waals surface area (Å²) < 4.78 is 55.3. The first-order chi connectivity index (χ1) is 13.7. The highest BCUT2D eigenvalue weighted by molar-refractivity contribution is 7.91. The average Bonchev–Trinajstić information content (AvgIpc) is 3.05. The highest BCUT2D eigenvalue weighted by Crippen LogP contribution is 2.44. The summed E-state index contributed by atoms with van der Waals surface area (Å²) in [6.07, 6.45) is 1.56. The maximum absolute atomic E-state index is 12.8. The van der Waals surface area contributed by atoms with Gasteiger partial charge in [0.1, 0.15) is 11.3 Å². The predicted octanol–water partition coefficient (Wildman–Crippen LogP) is 3.27. The van der Waals surface area contributed by atoms with E-state index in [0.29, 0.717) is 25.8 Å². The van der Waals surface area contributed by atoms with E-state index >= 15 is 0 Å². The van der Waals surface area contributed by atoms with Crippen molar-refractivity contribution < 1.29 is 26.9 Å². The standard InChI is InChI=1S/C19H18F2N2O5S/c20-18(21)29(26,27)14-5-6-16(17(11-14)23(24)25)22-9-10-28-19(12-22)8-7-13-3-1-2-4-15(13)19/h1-6,11,18H,7-10,12H2. The van der Waals surface area contributed by atoms with Crippen molar-refractivity contribution in [3.8, 4) is 0 Å². The summed E-state index contributed by atoms with van der Waals surface area (Å²) in [7, 11) is -4.92. The van der Waals surface area contributed by atoms with E-state index < -0.39 is 36.7 Å². The van der Waals surface area contributed by atoms with Gasteiger partial charge in [0.15, 0.2) is 0 Å². The zero-order chi connectivity index (χ0) is 20.8. The molecule has 2 aliphatic rings. The van der Waals surface area contributed by atoms with E-state index in [9.17, 15) is 27.3 Å². The third kappa shape index (κ3) is 3.25. The van der Waals surface area contributed by atoms with Crippen molar-refractivity contribution in [1.29, 1.82) is 0 Å². The minimum atomic E-state index is -4.92. The third-order valence-corrected chi connectivity index (χ3v) is 6.92. The number of aryl methyl sites for hydroxylation is 1. The largest absolute Gasteiger partial charge is 0.367 e. The van der Waals surface area contributed by atoms with Crippen LogP contribution in [-0.2, 0) is 26.6 Å². The summed E-state index contributed by atoms with van der Waals surface area (Å²) in [5.74, 6) is -3.64. The van der Waals surface area contributed by atoms with Gasteiger partial charge < -0.3 is 9.64 Å². The maximum Gasteiger partial charge on any atom is 0.341 e. The monoisotopic (exact) mass is 424 g/mol. The molecule has 1 unspecified atom stereocenters. The average molecular weight is 424 g/mol. The number of nitro groups is 1. The van der Waals surface area contributed by atoms with Crippen molar-refractivity contribution in [3.05, 3.63) is 63.7 Å². The van der Waals surface area contributed by atoms with Crippen molar-refractivity contribution in [2.45, 2.75) is 29.1 Å². The molecule has 154 valence electrons. The zero-order valence-electron chi connectivity index (χ0n) is 15.3. The molecule has 4 rings (SSSR count). The molecule has 0 amide bonds. The molecule has 1 aliphatic heterocycles. The Hall–Kier alpha value is -2.59. The van der Waals surface area contributed by atoms with Crippen LogP contribution >= 0.6 is 0 Å². The molecule has 2 aromatic rings. The van der Waals surface area contributed by atoms with Gasteiger partial charge >= 0.3 is 5.76 Å². The van der Waals surface area contributed by atoms with Crippen molar-refractivity contribution >= 4 is 21.2 Å². The molecular weight excluding hydrogens is 406 g/mol. The highest BCUT2D eigenvalue weighted by atomic mass is 32.2. The molecule has 1 fully saturated rings. The van der Waals surface area contributed by atoms with Gasteiger partial charge in [-0.1, -0.05) is 24.3 Å². The van der Waals surface area contributed by atoms with Gasteiger partial charge in [-0.3, -0.25) is 10.1 Å². The molecule has 0 N–H and O–H groups in total. The molecule has 29 heavy (non-hydrogen) atoms. The Morgan fingerprint density at radius 2 is 1.97 bits per heavy atom.